The van der Waals surface area contributed by atoms with Crippen molar-refractivity contribution in [3.05, 3.63) is 23.9 Å². The summed E-state index contributed by atoms with van der Waals surface area (Å²) in [6.07, 6.45) is 0.133. The van der Waals surface area contributed by atoms with Gasteiger partial charge in [0.15, 0.2) is 0 Å². The van der Waals surface area contributed by atoms with Crippen LogP contribution in [0, 0.1) is 5.92 Å². The van der Waals surface area contributed by atoms with E-state index in [2.05, 4.69) is 5.32 Å². The van der Waals surface area contributed by atoms with Crippen molar-refractivity contribution in [2.45, 2.75) is 12.6 Å². The van der Waals surface area contributed by atoms with Crippen LogP contribution in [-0.2, 0) is 0 Å². The van der Waals surface area contributed by atoms with Gasteiger partial charge in [0.2, 0.25) is 0 Å². The van der Waals surface area contributed by atoms with E-state index in [0.29, 0.717) is 0 Å². The van der Waals surface area contributed by atoms with Crippen LogP contribution in [0.4, 0.5) is 13.2 Å². The predicted octanol–water partition coefficient (Wildman–Crippen LogP) is 2.23. The highest BCUT2D eigenvalue weighted by Gasteiger charge is 2.37. The Balaban J connectivity index is 2.60. The van der Waals surface area contributed by atoms with Crippen molar-refractivity contribution in [2.75, 3.05) is 7.05 Å². The zero-order chi connectivity index (χ0) is 9.19. The molecule has 1 atom stereocenters. The molecule has 1 nitrogen and oxygen atoms in total. The second kappa shape index (κ2) is 3.21. The van der Waals surface area contributed by atoms with Crippen molar-refractivity contribution in [2.24, 2.45) is 5.92 Å². The number of hydrogen-bond donors (Lipinski definition) is 1. The summed E-state index contributed by atoms with van der Waals surface area (Å²) in [5.41, 5.74) is 0.746. The van der Waals surface area contributed by atoms with Crippen LogP contribution in [0.25, 0.3) is 0 Å². The molecule has 0 amide bonds. The van der Waals surface area contributed by atoms with Gasteiger partial charge in [0.25, 0.3) is 0 Å². The molecule has 0 spiro atoms. The monoisotopic (exact) mass is 177 g/mol. The number of halogens is 3. The van der Waals surface area contributed by atoms with Crippen molar-refractivity contribution >= 4 is 0 Å². The summed E-state index contributed by atoms with van der Waals surface area (Å²) >= 11 is 0. The number of likely N-dealkylation sites (N-methyl/N-ethyl adjacent to an activating group) is 1. The molecule has 0 saturated heterocycles. The molecule has 1 aliphatic rings. The van der Waals surface area contributed by atoms with Gasteiger partial charge in [0.1, 0.15) is 0 Å². The molecule has 1 rings (SSSR count). The van der Waals surface area contributed by atoms with E-state index in [1.54, 1.807) is 13.1 Å². The molecule has 0 aromatic carbocycles. The van der Waals surface area contributed by atoms with Crippen molar-refractivity contribution in [1.29, 1.82) is 0 Å². The molecule has 0 aromatic rings. The molecule has 1 aliphatic carbocycles. The molecule has 0 aliphatic heterocycles. The molecule has 0 radical (unpaired) electrons. The largest absolute Gasteiger partial charge is 0.395 e. The number of rotatable bonds is 1. The zero-order valence-electron chi connectivity index (χ0n) is 6.65. The summed E-state index contributed by atoms with van der Waals surface area (Å²) in [5, 5.41) is 2.78. The van der Waals surface area contributed by atoms with Crippen molar-refractivity contribution < 1.29 is 13.2 Å². The fraction of sp³-hybridized carbons (Fsp3) is 0.500. The SMILES string of the molecule is CNC1=CCC(C(F)(F)F)C=C1. The average Bonchev–Trinajstić information content (AvgIpc) is 2.03. The van der Waals surface area contributed by atoms with Crippen molar-refractivity contribution in [3.63, 3.8) is 0 Å². The quantitative estimate of drug-likeness (QED) is 0.647. The van der Waals surface area contributed by atoms with Crippen LogP contribution in [0.15, 0.2) is 23.9 Å². The minimum absolute atomic E-state index is 0.0379. The highest BCUT2D eigenvalue weighted by Crippen LogP contribution is 2.32. The molecule has 1 N–H and O–H groups in total. The normalized spacial score (nSPS) is 23.7. The lowest BCUT2D eigenvalue weighted by atomic mass is 9.99. The maximum Gasteiger partial charge on any atom is 0.395 e. The Morgan fingerprint density at radius 2 is 2.17 bits per heavy atom. The van der Waals surface area contributed by atoms with Crippen LogP contribution in [0.2, 0.25) is 0 Å². The molecule has 12 heavy (non-hydrogen) atoms. The van der Waals surface area contributed by atoms with E-state index in [0.717, 1.165) is 5.70 Å². The van der Waals surface area contributed by atoms with Gasteiger partial charge in [-0.25, -0.2) is 0 Å². The Morgan fingerprint density at radius 3 is 2.50 bits per heavy atom. The second-order valence-electron chi connectivity index (χ2n) is 2.65. The minimum atomic E-state index is -4.10. The summed E-state index contributed by atoms with van der Waals surface area (Å²) in [4.78, 5) is 0. The molecule has 4 heteroatoms. The minimum Gasteiger partial charge on any atom is -0.388 e. The number of allylic oxidation sites excluding steroid dienone is 3. The summed E-state index contributed by atoms with van der Waals surface area (Å²) < 4.78 is 36.2. The summed E-state index contributed by atoms with van der Waals surface area (Å²) in [6, 6.07) is 0. The number of nitrogens with one attached hydrogen (secondary N) is 1. The van der Waals surface area contributed by atoms with E-state index in [1.165, 1.54) is 12.2 Å². The fourth-order valence-electron chi connectivity index (χ4n) is 1.05. The average molecular weight is 177 g/mol. The first-order valence-corrected chi connectivity index (χ1v) is 3.67. The summed E-state index contributed by atoms with van der Waals surface area (Å²) in [5.74, 6) is -1.31. The highest BCUT2D eigenvalue weighted by atomic mass is 19.4. The third-order valence-electron chi connectivity index (χ3n) is 1.81. The standard InChI is InChI=1S/C8H10F3N/c1-12-7-4-2-6(3-5-7)8(9,10)11/h2,4-6,12H,3H2,1H3. The Bertz CT molecular complexity index is 215. The van der Waals surface area contributed by atoms with E-state index in [-0.39, 0.29) is 6.42 Å². The van der Waals surface area contributed by atoms with Crippen LogP contribution in [0.5, 0.6) is 0 Å². The fourth-order valence-corrected chi connectivity index (χ4v) is 1.05. The molecule has 0 fully saturated rings. The van der Waals surface area contributed by atoms with Crippen molar-refractivity contribution in [3.8, 4) is 0 Å². The molecular weight excluding hydrogens is 167 g/mol. The summed E-state index contributed by atoms with van der Waals surface area (Å²) in [7, 11) is 1.68. The Hall–Kier alpha value is -0.930. The number of hydrogen-bond acceptors (Lipinski definition) is 1. The molecule has 1 unspecified atom stereocenters. The lowest BCUT2D eigenvalue weighted by Gasteiger charge is -2.18. The van der Waals surface area contributed by atoms with Crippen LogP contribution in [-0.4, -0.2) is 13.2 Å². The van der Waals surface area contributed by atoms with Crippen LogP contribution in [0.1, 0.15) is 6.42 Å². The van der Waals surface area contributed by atoms with E-state index in [1.807, 2.05) is 0 Å². The molecule has 0 saturated carbocycles. The van der Waals surface area contributed by atoms with Gasteiger partial charge in [0, 0.05) is 12.7 Å². The predicted molar refractivity (Wildman–Crippen MR) is 40.4 cm³/mol. The van der Waals surface area contributed by atoms with Gasteiger partial charge < -0.3 is 5.32 Å². The lowest BCUT2D eigenvalue weighted by Crippen LogP contribution is -2.22. The Labute approximate surface area is 69.0 Å². The molecule has 0 aromatic heterocycles. The van der Waals surface area contributed by atoms with E-state index >= 15 is 0 Å². The number of alkyl halides is 3. The zero-order valence-corrected chi connectivity index (χ0v) is 6.65. The molecule has 0 heterocycles. The smallest absolute Gasteiger partial charge is 0.388 e. The third-order valence-corrected chi connectivity index (χ3v) is 1.81. The van der Waals surface area contributed by atoms with Crippen molar-refractivity contribution in [1.82, 2.24) is 5.32 Å². The van der Waals surface area contributed by atoms with Gasteiger partial charge in [-0.2, -0.15) is 13.2 Å². The maximum absolute atomic E-state index is 12.1. The second-order valence-corrected chi connectivity index (χ2v) is 2.65. The van der Waals surface area contributed by atoms with Crippen LogP contribution < -0.4 is 5.32 Å². The van der Waals surface area contributed by atoms with Gasteiger partial charge >= 0.3 is 6.18 Å². The van der Waals surface area contributed by atoms with Gasteiger partial charge in [-0.1, -0.05) is 12.2 Å². The topological polar surface area (TPSA) is 12.0 Å². The Morgan fingerprint density at radius 1 is 1.50 bits per heavy atom. The van der Waals surface area contributed by atoms with E-state index < -0.39 is 12.1 Å². The first-order valence-electron chi connectivity index (χ1n) is 3.67. The highest BCUT2D eigenvalue weighted by molar-refractivity contribution is 5.22. The van der Waals surface area contributed by atoms with E-state index in [4.69, 9.17) is 0 Å². The summed E-state index contributed by atoms with van der Waals surface area (Å²) in [6.45, 7) is 0. The van der Waals surface area contributed by atoms with Crippen LogP contribution >= 0.6 is 0 Å². The van der Waals surface area contributed by atoms with E-state index in [9.17, 15) is 13.2 Å². The third kappa shape index (κ3) is 2.03. The lowest BCUT2D eigenvalue weighted by molar-refractivity contribution is -0.160. The molecule has 68 valence electrons. The van der Waals surface area contributed by atoms with Gasteiger partial charge in [-0.15, -0.1) is 0 Å². The molecular formula is C8H10F3N. The maximum atomic E-state index is 12.1. The van der Waals surface area contributed by atoms with Gasteiger partial charge in [-0.3, -0.25) is 0 Å². The Kier molecular flexibility index (Phi) is 2.45. The first-order chi connectivity index (χ1) is 5.54. The first kappa shape index (κ1) is 9.16. The van der Waals surface area contributed by atoms with Gasteiger partial charge in [-0.05, 0) is 12.5 Å². The van der Waals surface area contributed by atoms with Crippen LogP contribution in [0.3, 0.4) is 0 Å². The van der Waals surface area contributed by atoms with Gasteiger partial charge in [0.05, 0.1) is 5.92 Å². The molecule has 0 bridgehead atoms.